The summed E-state index contributed by atoms with van der Waals surface area (Å²) >= 11 is 0. The SMILES string of the molecule is COc1ccccc1-c1ccc(=O)n(CN2CCO[C@@H](c3ccccc3)C2)n1. The number of methoxy groups -OCH3 is 1. The van der Waals surface area contributed by atoms with Crippen LogP contribution in [0.5, 0.6) is 5.75 Å². The molecule has 0 amide bonds. The van der Waals surface area contributed by atoms with Crippen LogP contribution in [0.3, 0.4) is 0 Å². The molecule has 1 saturated heterocycles. The number of nitrogens with zero attached hydrogens (tertiary/aromatic N) is 3. The van der Waals surface area contributed by atoms with Crippen LogP contribution in [0, 0.1) is 0 Å². The summed E-state index contributed by atoms with van der Waals surface area (Å²) in [5.74, 6) is 0.732. The molecule has 28 heavy (non-hydrogen) atoms. The van der Waals surface area contributed by atoms with Crippen molar-refractivity contribution in [2.24, 2.45) is 0 Å². The molecule has 1 aromatic heterocycles. The molecular formula is C22H23N3O3. The summed E-state index contributed by atoms with van der Waals surface area (Å²) in [5, 5.41) is 4.58. The maximum atomic E-state index is 12.4. The van der Waals surface area contributed by atoms with Crippen molar-refractivity contribution in [1.29, 1.82) is 0 Å². The summed E-state index contributed by atoms with van der Waals surface area (Å²) < 4.78 is 12.9. The van der Waals surface area contributed by atoms with Gasteiger partial charge in [0.15, 0.2) is 0 Å². The molecule has 0 radical (unpaired) electrons. The minimum atomic E-state index is -0.124. The minimum absolute atomic E-state index is 0.00283. The Morgan fingerprint density at radius 2 is 1.86 bits per heavy atom. The van der Waals surface area contributed by atoms with Crippen molar-refractivity contribution in [1.82, 2.24) is 14.7 Å². The highest BCUT2D eigenvalue weighted by Gasteiger charge is 2.22. The van der Waals surface area contributed by atoms with Crippen LogP contribution in [-0.2, 0) is 11.4 Å². The Morgan fingerprint density at radius 1 is 1.07 bits per heavy atom. The van der Waals surface area contributed by atoms with Crippen LogP contribution in [0.2, 0.25) is 0 Å². The number of morpholine rings is 1. The van der Waals surface area contributed by atoms with E-state index >= 15 is 0 Å². The lowest BCUT2D eigenvalue weighted by Gasteiger charge is -2.33. The molecule has 4 rings (SSSR count). The van der Waals surface area contributed by atoms with Crippen molar-refractivity contribution in [2.75, 3.05) is 26.8 Å². The minimum Gasteiger partial charge on any atom is -0.496 e. The van der Waals surface area contributed by atoms with E-state index in [1.807, 2.05) is 42.5 Å². The van der Waals surface area contributed by atoms with Crippen LogP contribution < -0.4 is 10.3 Å². The molecule has 1 aliphatic rings. The van der Waals surface area contributed by atoms with Crippen LogP contribution in [0.25, 0.3) is 11.3 Å². The predicted molar refractivity (Wildman–Crippen MR) is 107 cm³/mol. The molecule has 0 unspecified atom stereocenters. The summed E-state index contributed by atoms with van der Waals surface area (Å²) in [6, 6.07) is 21.1. The van der Waals surface area contributed by atoms with Crippen molar-refractivity contribution >= 4 is 0 Å². The van der Waals surface area contributed by atoms with Gasteiger partial charge in [-0.1, -0.05) is 42.5 Å². The van der Waals surface area contributed by atoms with Gasteiger partial charge in [-0.25, -0.2) is 4.68 Å². The third-order valence-corrected chi connectivity index (χ3v) is 4.91. The molecule has 1 aliphatic heterocycles. The fraction of sp³-hybridized carbons (Fsp3) is 0.273. The van der Waals surface area contributed by atoms with Crippen LogP contribution in [0.4, 0.5) is 0 Å². The highest BCUT2D eigenvalue weighted by molar-refractivity contribution is 5.66. The summed E-state index contributed by atoms with van der Waals surface area (Å²) in [7, 11) is 1.63. The van der Waals surface area contributed by atoms with Gasteiger partial charge < -0.3 is 9.47 Å². The average Bonchev–Trinajstić information content (AvgIpc) is 2.76. The Hall–Kier alpha value is -2.96. The van der Waals surface area contributed by atoms with E-state index < -0.39 is 0 Å². The Balaban J connectivity index is 1.55. The number of ether oxygens (including phenoxy) is 2. The first-order valence-corrected chi connectivity index (χ1v) is 9.35. The van der Waals surface area contributed by atoms with Crippen molar-refractivity contribution in [3.8, 4) is 17.0 Å². The molecule has 1 atom stereocenters. The Labute approximate surface area is 163 Å². The van der Waals surface area contributed by atoms with Gasteiger partial charge in [-0.15, -0.1) is 0 Å². The fourth-order valence-corrected chi connectivity index (χ4v) is 3.44. The van der Waals surface area contributed by atoms with E-state index in [0.29, 0.717) is 19.0 Å². The van der Waals surface area contributed by atoms with E-state index in [-0.39, 0.29) is 11.7 Å². The topological polar surface area (TPSA) is 56.6 Å². The number of benzene rings is 2. The predicted octanol–water partition coefficient (Wildman–Crippen LogP) is 2.95. The third kappa shape index (κ3) is 3.98. The van der Waals surface area contributed by atoms with Crippen LogP contribution >= 0.6 is 0 Å². The zero-order valence-corrected chi connectivity index (χ0v) is 15.8. The summed E-state index contributed by atoms with van der Waals surface area (Å²) in [6.07, 6.45) is 0.00283. The lowest BCUT2D eigenvalue weighted by atomic mass is 10.1. The van der Waals surface area contributed by atoms with E-state index in [1.165, 1.54) is 4.68 Å². The molecular weight excluding hydrogens is 354 g/mol. The Kier molecular flexibility index (Phi) is 5.50. The van der Waals surface area contributed by atoms with E-state index in [0.717, 1.165) is 30.0 Å². The molecule has 3 aromatic rings. The average molecular weight is 377 g/mol. The maximum Gasteiger partial charge on any atom is 0.268 e. The molecule has 0 N–H and O–H groups in total. The molecule has 2 heterocycles. The van der Waals surface area contributed by atoms with Crippen LogP contribution in [0.1, 0.15) is 11.7 Å². The van der Waals surface area contributed by atoms with Gasteiger partial charge in [-0.3, -0.25) is 9.69 Å². The standard InChI is InChI=1S/C22H23N3O3/c1-27-20-10-6-5-9-18(20)19-11-12-22(26)25(23-19)16-24-13-14-28-21(15-24)17-7-3-2-4-8-17/h2-12,21H,13-16H2,1H3/t21-/m1/s1. The van der Waals surface area contributed by atoms with Crippen molar-refractivity contribution in [2.45, 2.75) is 12.8 Å². The number of aromatic nitrogens is 2. The number of hydrogen-bond donors (Lipinski definition) is 0. The molecule has 6 heteroatoms. The highest BCUT2D eigenvalue weighted by Crippen LogP contribution is 2.27. The molecule has 6 nitrogen and oxygen atoms in total. The highest BCUT2D eigenvalue weighted by atomic mass is 16.5. The van der Waals surface area contributed by atoms with Crippen LogP contribution in [-0.4, -0.2) is 41.5 Å². The van der Waals surface area contributed by atoms with Gasteiger partial charge in [-0.2, -0.15) is 5.10 Å². The Morgan fingerprint density at radius 3 is 2.68 bits per heavy atom. The number of rotatable bonds is 5. The number of hydrogen-bond acceptors (Lipinski definition) is 5. The fourth-order valence-electron chi connectivity index (χ4n) is 3.44. The number of para-hydroxylation sites is 1. The second-order valence-corrected chi connectivity index (χ2v) is 6.75. The van der Waals surface area contributed by atoms with E-state index in [1.54, 1.807) is 19.2 Å². The van der Waals surface area contributed by atoms with E-state index in [4.69, 9.17) is 9.47 Å². The maximum absolute atomic E-state index is 12.4. The normalized spacial score (nSPS) is 17.4. The molecule has 0 spiro atoms. The Bertz CT molecular complexity index is 988. The van der Waals surface area contributed by atoms with E-state index in [9.17, 15) is 4.79 Å². The van der Waals surface area contributed by atoms with Crippen LogP contribution in [0.15, 0.2) is 71.5 Å². The molecule has 2 aromatic carbocycles. The summed E-state index contributed by atoms with van der Waals surface area (Å²) in [4.78, 5) is 14.6. The quantitative estimate of drug-likeness (QED) is 0.684. The van der Waals surface area contributed by atoms with Gasteiger partial charge in [0.1, 0.15) is 5.75 Å². The third-order valence-electron chi connectivity index (χ3n) is 4.91. The largest absolute Gasteiger partial charge is 0.496 e. The second-order valence-electron chi connectivity index (χ2n) is 6.75. The zero-order chi connectivity index (χ0) is 19.3. The van der Waals surface area contributed by atoms with Crippen molar-refractivity contribution in [3.05, 3.63) is 82.6 Å². The smallest absolute Gasteiger partial charge is 0.268 e. The molecule has 0 aliphatic carbocycles. The van der Waals surface area contributed by atoms with Gasteiger partial charge in [0.05, 0.1) is 32.2 Å². The van der Waals surface area contributed by atoms with Gasteiger partial charge in [0.25, 0.3) is 5.56 Å². The van der Waals surface area contributed by atoms with Crippen molar-refractivity contribution < 1.29 is 9.47 Å². The molecule has 0 bridgehead atoms. The first-order chi connectivity index (χ1) is 13.7. The monoisotopic (exact) mass is 377 g/mol. The lowest BCUT2D eigenvalue weighted by Crippen LogP contribution is -2.42. The summed E-state index contributed by atoms with van der Waals surface area (Å²) in [5.41, 5.74) is 2.60. The lowest BCUT2D eigenvalue weighted by molar-refractivity contribution is -0.0421. The molecule has 144 valence electrons. The first kappa shape index (κ1) is 18.4. The van der Waals surface area contributed by atoms with E-state index in [2.05, 4.69) is 22.1 Å². The second kappa shape index (κ2) is 8.37. The van der Waals surface area contributed by atoms with Crippen molar-refractivity contribution in [3.63, 3.8) is 0 Å². The first-order valence-electron chi connectivity index (χ1n) is 9.35. The van der Waals surface area contributed by atoms with Gasteiger partial charge in [0.2, 0.25) is 0 Å². The zero-order valence-electron chi connectivity index (χ0n) is 15.8. The summed E-state index contributed by atoms with van der Waals surface area (Å²) in [6.45, 7) is 2.53. The van der Waals surface area contributed by atoms with Gasteiger partial charge >= 0.3 is 0 Å². The van der Waals surface area contributed by atoms with Gasteiger partial charge in [-0.05, 0) is 23.8 Å². The molecule has 1 fully saturated rings. The molecule has 0 saturated carbocycles. The van der Waals surface area contributed by atoms with Gasteiger partial charge in [0, 0.05) is 24.7 Å².